The van der Waals surface area contributed by atoms with Crippen LogP contribution in [0.15, 0.2) is 39.9 Å². The van der Waals surface area contributed by atoms with Crippen LogP contribution in [0.3, 0.4) is 0 Å². The molecule has 0 spiro atoms. The average molecular weight is 472 g/mol. The van der Waals surface area contributed by atoms with Gasteiger partial charge in [-0.2, -0.15) is 0 Å². The summed E-state index contributed by atoms with van der Waals surface area (Å²) in [7, 11) is 1.52. The number of nitrogens with one attached hydrogen (secondary N) is 2. The van der Waals surface area contributed by atoms with Gasteiger partial charge in [-0.1, -0.05) is 41.9 Å². The molecule has 3 atom stereocenters. The first-order valence-electron chi connectivity index (χ1n) is 10.0. The third-order valence-corrected chi connectivity index (χ3v) is 6.08. The van der Waals surface area contributed by atoms with Gasteiger partial charge < -0.3 is 20.4 Å². The highest BCUT2D eigenvalue weighted by atomic mass is 79.9. The lowest BCUT2D eigenvalue weighted by molar-refractivity contribution is -0.134. The number of halogens is 1. The Morgan fingerprint density at radius 2 is 2.00 bits per heavy atom. The Morgan fingerprint density at radius 1 is 1.30 bits per heavy atom. The fourth-order valence-corrected chi connectivity index (χ4v) is 4.13. The summed E-state index contributed by atoms with van der Waals surface area (Å²) in [4.78, 5) is 35.3. The molecular weight excluding hydrogens is 446 g/mol. The third-order valence-electron chi connectivity index (χ3n) is 5.55. The molecule has 2 N–H and O–H groups in total. The second-order valence-corrected chi connectivity index (χ2v) is 8.84. The van der Waals surface area contributed by atoms with Crippen molar-refractivity contribution in [3.05, 3.63) is 51.9 Å². The predicted molar refractivity (Wildman–Crippen MR) is 121 cm³/mol. The van der Waals surface area contributed by atoms with Crippen LogP contribution < -0.4 is 10.6 Å². The van der Waals surface area contributed by atoms with Crippen molar-refractivity contribution in [3.63, 3.8) is 0 Å². The number of aliphatic imine (C=N–C) groups is 1. The van der Waals surface area contributed by atoms with Crippen LogP contribution in [0.4, 0.5) is 4.79 Å². The van der Waals surface area contributed by atoms with Gasteiger partial charge in [0.1, 0.15) is 6.04 Å². The maximum atomic E-state index is 13.4. The zero-order valence-electron chi connectivity index (χ0n) is 17.4. The van der Waals surface area contributed by atoms with Crippen molar-refractivity contribution >= 4 is 39.2 Å². The summed E-state index contributed by atoms with van der Waals surface area (Å²) in [6, 6.07) is 6.53. The van der Waals surface area contributed by atoms with Crippen molar-refractivity contribution in [2.75, 3.05) is 13.6 Å². The van der Waals surface area contributed by atoms with Gasteiger partial charge in [0, 0.05) is 29.9 Å². The first-order valence-corrected chi connectivity index (χ1v) is 10.8. The Balaban J connectivity index is 1.78. The number of benzene rings is 1. The Labute approximate surface area is 185 Å². The molecule has 2 aliphatic heterocycles. The van der Waals surface area contributed by atoms with Crippen molar-refractivity contribution in [1.29, 1.82) is 0 Å². The largest absolute Gasteiger partial charge is 0.341 e. The number of hydrogen-bond acceptors (Lipinski definition) is 3. The van der Waals surface area contributed by atoms with E-state index in [0.717, 1.165) is 21.3 Å². The minimum absolute atomic E-state index is 0.0793. The molecule has 7 nitrogen and oxygen atoms in total. The van der Waals surface area contributed by atoms with Crippen molar-refractivity contribution in [2.45, 2.75) is 44.8 Å². The van der Waals surface area contributed by atoms with Crippen LogP contribution in [0, 0.1) is 12.5 Å². The molecule has 1 saturated heterocycles. The van der Waals surface area contributed by atoms with Gasteiger partial charge >= 0.3 is 6.03 Å². The fraction of sp³-hybridized carbons (Fsp3) is 0.455. The Bertz CT molecular complexity index is 916. The molecule has 0 aromatic heterocycles. The lowest BCUT2D eigenvalue weighted by atomic mass is 9.97. The third kappa shape index (κ3) is 4.73. The molecule has 3 rings (SSSR count). The van der Waals surface area contributed by atoms with E-state index in [9.17, 15) is 9.59 Å². The van der Waals surface area contributed by atoms with Crippen molar-refractivity contribution in [2.24, 2.45) is 10.9 Å². The van der Waals surface area contributed by atoms with Gasteiger partial charge in [-0.3, -0.25) is 9.79 Å². The summed E-state index contributed by atoms with van der Waals surface area (Å²) in [6.45, 7) is 11.6. The summed E-state index contributed by atoms with van der Waals surface area (Å²) in [5.74, 6) is -0.242. The summed E-state index contributed by atoms with van der Waals surface area (Å²) in [5, 5.41) is 5.26. The topological polar surface area (TPSA) is 78.2 Å². The molecular formula is C22H26BrN5O2. The normalized spacial score (nSPS) is 21.7. The summed E-state index contributed by atoms with van der Waals surface area (Å²) >= 11 is 3.45. The maximum Gasteiger partial charge on any atom is 0.315 e. The first kappa shape index (κ1) is 22.0. The van der Waals surface area contributed by atoms with E-state index in [-0.39, 0.29) is 23.9 Å². The van der Waals surface area contributed by atoms with Crippen LogP contribution in [0.2, 0.25) is 0 Å². The van der Waals surface area contributed by atoms with Crippen molar-refractivity contribution < 1.29 is 9.59 Å². The Morgan fingerprint density at radius 3 is 2.60 bits per heavy atom. The molecule has 3 amide bonds. The number of carbonyl (C=O) groups excluding carboxylic acids is 2. The smallest absolute Gasteiger partial charge is 0.315 e. The number of nitrogens with zero attached hydrogens (tertiary/aromatic N) is 3. The van der Waals surface area contributed by atoms with Crippen LogP contribution in [0.25, 0.3) is 10.4 Å². The Hall–Kier alpha value is -2.66. The van der Waals surface area contributed by atoms with Gasteiger partial charge in [0.05, 0.1) is 19.0 Å². The molecule has 0 unspecified atom stereocenters. The van der Waals surface area contributed by atoms with Gasteiger partial charge in [-0.25, -0.2) is 11.4 Å². The van der Waals surface area contributed by atoms with Crippen molar-refractivity contribution in [1.82, 2.24) is 15.5 Å². The molecule has 2 heterocycles. The molecule has 30 heavy (non-hydrogen) atoms. The number of urea groups is 1. The zero-order valence-corrected chi connectivity index (χ0v) is 18.9. The van der Waals surface area contributed by atoms with E-state index in [1.54, 1.807) is 4.90 Å². The van der Waals surface area contributed by atoms with E-state index in [0.29, 0.717) is 19.4 Å². The number of rotatable bonds is 5. The molecule has 2 aliphatic rings. The maximum absolute atomic E-state index is 13.4. The van der Waals surface area contributed by atoms with E-state index in [1.807, 2.05) is 44.3 Å². The molecule has 1 fully saturated rings. The monoisotopic (exact) mass is 471 g/mol. The Kier molecular flexibility index (Phi) is 6.93. The van der Waals surface area contributed by atoms with Gasteiger partial charge in [0.25, 0.3) is 0 Å². The van der Waals surface area contributed by atoms with Gasteiger partial charge in [-0.05, 0) is 29.2 Å². The lowest BCUT2D eigenvalue weighted by Crippen LogP contribution is -2.55. The number of hydrogen-bond donors (Lipinski definition) is 2. The summed E-state index contributed by atoms with van der Waals surface area (Å²) < 4.78 is 1.02. The highest BCUT2D eigenvalue weighted by Gasteiger charge is 2.44. The number of allylic oxidation sites excluding steroid dienone is 1. The SMILES string of the molecule is [C-]#[N+][C@@H]1C[C@@H](C2=NC=C(c3ccc(Br)cc3)C2)N(C(=O)[C@@H](NC(=O)NC)C(C)C)C1. The highest BCUT2D eigenvalue weighted by Crippen LogP contribution is 2.32. The van der Waals surface area contributed by atoms with E-state index in [4.69, 9.17) is 6.57 Å². The standard InChI is InChI=1S/C22H26BrN5O2/c1-13(2)20(27-22(30)25-4)21(29)28-12-17(24-3)10-19(28)18-9-15(11-26-18)14-5-7-16(23)8-6-14/h5-8,11,13,17,19-20H,9-10,12H2,1-2,4H3,(H2,25,27,30)/t17-,19+,20+/m1/s1. The van der Waals surface area contributed by atoms with Gasteiger partial charge in [-0.15, -0.1) is 0 Å². The second kappa shape index (κ2) is 9.43. The van der Waals surface area contributed by atoms with E-state index < -0.39 is 12.1 Å². The quantitative estimate of drug-likeness (QED) is 0.644. The minimum atomic E-state index is -0.655. The lowest BCUT2D eigenvalue weighted by Gasteiger charge is -2.30. The molecule has 8 heteroatoms. The number of amides is 3. The first-order chi connectivity index (χ1) is 14.3. The average Bonchev–Trinajstić information content (AvgIpc) is 3.38. The predicted octanol–water partition coefficient (Wildman–Crippen LogP) is 3.48. The molecule has 158 valence electrons. The van der Waals surface area contributed by atoms with E-state index >= 15 is 0 Å². The van der Waals surface area contributed by atoms with Crippen molar-refractivity contribution in [3.8, 4) is 0 Å². The zero-order chi connectivity index (χ0) is 21.8. The minimum Gasteiger partial charge on any atom is -0.341 e. The number of likely N-dealkylation sites (tertiary alicyclic amines) is 1. The van der Waals surface area contributed by atoms with Crippen LogP contribution in [0.5, 0.6) is 0 Å². The van der Waals surface area contributed by atoms with E-state index in [1.165, 1.54) is 7.05 Å². The molecule has 0 saturated carbocycles. The van der Waals surface area contributed by atoms with Gasteiger partial charge in [0.2, 0.25) is 11.9 Å². The molecule has 0 bridgehead atoms. The van der Waals surface area contributed by atoms with E-state index in [2.05, 4.69) is 36.4 Å². The van der Waals surface area contributed by atoms with Crippen LogP contribution in [-0.4, -0.2) is 54.3 Å². The molecule has 1 aromatic carbocycles. The van der Waals surface area contributed by atoms with Gasteiger partial charge in [0.15, 0.2) is 0 Å². The summed E-state index contributed by atoms with van der Waals surface area (Å²) in [5.41, 5.74) is 3.09. The van der Waals surface area contributed by atoms with Crippen LogP contribution in [0.1, 0.15) is 32.3 Å². The van der Waals surface area contributed by atoms with Crippen LogP contribution >= 0.6 is 15.9 Å². The second-order valence-electron chi connectivity index (χ2n) is 7.93. The molecule has 0 radical (unpaired) electrons. The summed E-state index contributed by atoms with van der Waals surface area (Å²) in [6.07, 6.45) is 3.07. The molecule has 0 aliphatic carbocycles. The highest BCUT2D eigenvalue weighted by molar-refractivity contribution is 9.10. The number of carbonyl (C=O) groups is 2. The fourth-order valence-electron chi connectivity index (χ4n) is 3.86. The van der Waals surface area contributed by atoms with Crippen LogP contribution in [-0.2, 0) is 4.79 Å². The molecule has 1 aromatic rings.